The molecule has 0 aromatic heterocycles. The van der Waals surface area contributed by atoms with Crippen molar-refractivity contribution in [2.24, 2.45) is 0 Å². The predicted molar refractivity (Wildman–Crippen MR) is 122 cm³/mol. The van der Waals surface area contributed by atoms with Gasteiger partial charge in [0.25, 0.3) is 0 Å². The van der Waals surface area contributed by atoms with E-state index in [2.05, 4.69) is 26.5 Å². The van der Waals surface area contributed by atoms with Gasteiger partial charge in [0.1, 0.15) is 11.5 Å². The molecule has 8 heteroatoms. The minimum atomic E-state index is -0.175. The second-order valence-corrected chi connectivity index (χ2v) is 7.31. The second-order valence-electron chi connectivity index (χ2n) is 7.31. The number of piperazine rings is 1. The number of anilines is 3. The Hall–Kier alpha value is -3.26. The number of methoxy groups -OCH3 is 1. The molecule has 8 nitrogen and oxygen atoms in total. The Balaban J connectivity index is 1.57. The number of para-hydroxylation sites is 2. The first-order chi connectivity index (χ1) is 15.0. The van der Waals surface area contributed by atoms with Gasteiger partial charge in [-0.3, -0.25) is 14.5 Å². The highest BCUT2D eigenvalue weighted by molar-refractivity contribution is 5.95. The number of nitrogens with zero attached hydrogens (tertiary/aromatic N) is 2. The van der Waals surface area contributed by atoms with Crippen molar-refractivity contribution in [2.75, 3.05) is 62.0 Å². The van der Waals surface area contributed by atoms with Gasteiger partial charge < -0.3 is 25.0 Å². The van der Waals surface area contributed by atoms with E-state index >= 15 is 0 Å². The van der Waals surface area contributed by atoms with Crippen LogP contribution in [0.15, 0.2) is 42.5 Å². The zero-order valence-corrected chi connectivity index (χ0v) is 18.3. The number of benzene rings is 2. The third-order valence-electron chi connectivity index (χ3n) is 5.04. The van der Waals surface area contributed by atoms with Gasteiger partial charge in [-0.25, -0.2) is 0 Å². The first kappa shape index (κ1) is 22.4. The van der Waals surface area contributed by atoms with Crippen LogP contribution in [0.25, 0.3) is 0 Å². The number of carbonyl (C=O) groups excluding carboxylic acids is 2. The third-order valence-corrected chi connectivity index (χ3v) is 5.04. The molecule has 0 radical (unpaired) electrons. The first-order valence-electron chi connectivity index (χ1n) is 10.4. The van der Waals surface area contributed by atoms with Crippen LogP contribution in [-0.4, -0.2) is 63.2 Å². The highest BCUT2D eigenvalue weighted by Gasteiger charge is 2.21. The topological polar surface area (TPSA) is 83.1 Å². The molecule has 1 saturated heterocycles. The number of hydrogen-bond donors (Lipinski definition) is 2. The number of hydrogen-bond acceptors (Lipinski definition) is 6. The molecule has 0 unspecified atom stereocenters. The Bertz CT molecular complexity index is 910. The molecule has 1 aliphatic rings. The standard InChI is InChI=1S/C23H30N4O4/c1-4-31-22-8-6-5-7-20(22)27-13-11-26(12-14-27)16-23(29)25-19-15-18(24-17(2)28)9-10-21(19)30-3/h5-10,15H,4,11-14,16H2,1-3H3,(H,24,28)(H,25,29). The lowest BCUT2D eigenvalue weighted by molar-refractivity contribution is -0.117. The summed E-state index contributed by atoms with van der Waals surface area (Å²) in [5.41, 5.74) is 2.22. The predicted octanol–water partition coefficient (Wildman–Crippen LogP) is 2.81. The number of carbonyl (C=O) groups is 2. The number of nitrogens with one attached hydrogen (secondary N) is 2. The van der Waals surface area contributed by atoms with Gasteiger partial charge in [0.05, 0.1) is 31.6 Å². The molecule has 1 aliphatic heterocycles. The fourth-order valence-electron chi connectivity index (χ4n) is 3.62. The minimum Gasteiger partial charge on any atom is -0.495 e. The third kappa shape index (κ3) is 6.11. The lowest BCUT2D eigenvalue weighted by atomic mass is 10.2. The normalized spacial score (nSPS) is 14.1. The Morgan fingerprint density at radius 2 is 1.74 bits per heavy atom. The van der Waals surface area contributed by atoms with E-state index in [9.17, 15) is 9.59 Å². The SMILES string of the molecule is CCOc1ccccc1N1CCN(CC(=O)Nc2cc(NC(C)=O)ccc2OC)CC1. The van der Waals surface area contributed by atoms with Crippen molar-refractivity contribution in [3.8, 4) is 11.5 Å². The molecule has 3 rings (SSSR count). The van der Waals surface area contributed by atoms with Gasteiger partial charge in [0.15, 0.2) is 0 Å². The van der Waals surface area contributed by atoms with Crippen molar-refractivity contribution in [3.05, 3.63) is 42.5 Å². The van der Waals surface area contributed by atoms with Gasteiger partial charge in [0, 0.05) is 38.8 Å². The molecule has 0 spiro atoms. The van der Waals surface area contributed by atoms with E-state index in [1.165, 1.54) is 6.92 Å². The van der Waals surface area contributed by atoms with Crippen LogP contribution in [0, 0.1) is 0 Å². The summed E-state index contributed by atoms with van der Waals surface area (Å²) in [5, 5.41) is 5.61. The molecule has 2 aromatic rings. The van der Waals surface area contributed by atoms with Crippen molar-refractivity contribution in [3.63, 3.8) is 0 Å². The summed E-state index contributed by atoms with van der Waals surface area (Å²) < 4.78 is 11.1. The van der Waals surface area contributed by atoms with Crippen molar-refractivity contribution in [1.29, 1.82) is 0 Å². The molecule has 0 atom stereocenters. The zero-order chi connectivity index (χ0) is 22.2. The molecular weight excluding hydrogens is 396 g/mol. The maximum absolute atomic E-state index is 12.6. The smallest absolute Gasteiger partial charge is 0.238 e. The second kappa shape index (κ2) is 10.7. The van der Waals surface area contributed by atoms with Crippen molar-refractivity contribution in [2.45, 2.75) is 13.8 Å². The quantitative estimate of drug-likeness (QED) is 0.676. The minimum absolute atomic E-state index is 0.124. The zero-order valence-electron chi connectivity index (χ0n) is 18.3. The van der Waals surface area contributed by atoms with Gasteiger partial charge in [-0.15, -0.1) is 0 Å². The molecular formula is C23H30N4O4. The molecule has 31 heavy (non-hydrogen) atoms. The van der Waals surface area contributed by atoms with Gasteiger partial charge >= 0.3 is 0 Å². The lowest BCUT2D eigenvalue weighted by Gasteiger charge is -2.36. The van der Waals surface area contributed by atoms with E-state index in [1.54, 1.807) is 25.3 Å². The summed E-state index contributed by atoms with van der Waals surface area (Å²) in [6.07, 6.45) is 0. The number of rotatable bonds is 8. The van der Waals surface area contributed by atoms with Gasteiger partial charge in [-0.1, -0.05) is 12.1 Å². The van der Waals surface area contributed by atoms with E-state index in [0.717, 1.165) is 37.6 Å². The van der Waals surface area contributed by atoms with E-state index in [4.69, 9.17) is 9.47 Å². The van der Waals surface area contributed by atoms with Crippen LogP contribution in [-0.2, 0) is 9.59 Å². The molecule has 0 aliphatic carbocycles. The van der Waals surface area contributed by atoms with E-state index in [0.29, 0.717) is 23.7 Å². The van der Waals surface area contributed by atoms with Gasteiger partial charge in [-0.2, -0.15) is 0 Å². The molecule has 1 fully saturated rings. The molecule has 166 valence electrons. The van der Waals surface area contributed by atoms with Gasteiger partial charge in [0.2, 0.25) is 11.8 Å². The Morgan fingerprint density at radius 1 is 1.00 bits per heavy atom. The summed E-state index contributed by atoms with van der Waals surface area (Å²) in [7, 11) is 1.54. The van der Waals surface area contributed by atoms with E-state index in [-0.39, 0.29) is 18.4 Å². The molecule has 0 bridgehead atoms. The summed E-state index contributed by atoms with van der Waals surface area (Å²) in [6.45, 7) is 7.52. The molecule has 2 N–H and O–H groups in total. The van der Waals surface area contributed by atoms with Crippen LogP contribution < -0.4 is 25.0 Å². The van der Waals surface area contributed by atoms with Crippen LogP contribution in [0.3, 0.4) is 0 Å². The molecule has 0 saturated carbocycles. The van der Waals surface area contributed by atoms with Crippen molar-refractivity contribution in [1.82, 2.24) is 4.90 Å². The summed E-state index contributed by atoms with van der Waals surface area (Å²) in [4.78, 5) is 28.4. The summed E-state index contributed by atoms with van der Waals surface area (Å²) >= 11 is 0. The van der Waals surface area contributed by atoms with Crippen LogP contribution >= 0.6 is 0 Å². The highest BCUT2D eigenvalue weighted by atomic mass is 16.5. The largest absolute Gasteiger partial charge is 0.495 e. The molecule has 1 heterocycles. The lowest BCUT2D eigenvalue weighted by Crippen LogP contribution is -2.48. The maximum Gasteiger partial charge on any atom is 0.238 e. The number of amides is 2. The van der Waals surface area contributed by atoms with Crippen molar-refractivity contribution >= 4 is 28.9 Å². The maximum atomic E-state index is 12.6. The average molecular weight is 427 g/mol. The van der Waals surface area contributed by atoms with E-state index in [1.807, 2.05) is 25.1 Å². The monoisotopic (exact) mass is 426 g/mol. The Labute approximate surface area is 183 Å². The number of ether oxygens (including phenoxy) is 2. The Kier molecular flexibility index (Phi) is 7.72. The molecule has 2 amide bonds. The fraction of sp³-hybridized carbons (Fsp3) is 0.391. The summed E-state index contributed by atoms with van der Waals surface area (Å²) in [6, 6.07) is 13.2. The summed E-state index contributed by atoms with van der Waals surface area (Å²) in [5.74, 6) is 1.13. The van der Waals surface area contributed by atoms with Gasteiger partial charge in [-0.05, 0) is 37.3 Å². The first-order valence-corrected chi connectivity index (χ1v) is 10.4. The fourth-order valence-corrected chi connectivity index (χ4v) is 3.62. The average Bonchev–Trinajstić information content (AvgIpc) is 2.75. The van der Waals surface area contributed by atoms with E-state index < -0.39 is 0 Å². The van der Waals surface area contributed by atoms with Crippen LogP contribution in [0.5, 0.6) is 11.5 Å². The van der Waals surface area contributed by atoms with Crippen LogP contribution in [0.4, 0.5) is 17.1 Å². The van der Waals surface area contributed by atoms with Crippen LogP contribution in [0.2, 0.25) is 0 Å². The molecule has 2 aromatic carbocycles. The highest BCUT2D eigenvalue weighted by Crippen LogP contribution is 2.29. The van der Waals surface area contributed by atoms with Crippen molar-refractivity contribution < 1.29 is 19.1 Å². The Morgan fingerprint density at radius 3 is 2.42 bits per heavy atom. The van der Waals surface area contributed by atoms with Crippen LogP contribution in [0.1, 0.15) is 13.8 Å².